The summed E-state index contributed by atoms with van der Waals surface area (Å²) >= 11 is 0. The van der Waals surface area contributed by atoms with Gasteiger partial charge in [-0.3, -0.25) is 9.59 Å². The highest BCUT2D eigenvalue weighted by molar-refractivity contribution is 5.94. The Morgan fingerprint density at radius 1 is 1.18 bits per heavy atom. The molecule has 2 amide bonds. The maximum atomic E-state index is 13.2. The van der Waals surface area contributed by atoms with E-state index in [1.165, 1.54) is 12.8 Å². The molecule has 1 aliphatic heterocycles. The summed E-state index contributed by atoms with van der Waals surface area (Å²) in [5.74, 6) is 1.34. The van der Waals surface area contributed by atoms with Crippen molar-refractivity contribution in [3.63, 3.8) is 0 Å². The van der Waals surface area contributed by atoms with Gasteiger partial charge in [-0.05, 0) is 38.3 Å². The van der Waals surface area contributed by atoms with Gasteiger partial charge in [-0.15, -0.1) is 0 Å². The molecule has 0 aromatic heterocycles. The third-order valence-corrected chi connectivity index (χ3v) is 6.22. The van der Waals surface area contributed by atoms with E-state index in [0.717, 1.165) is 31.2 Å². The van der Waals surface area contributed by atoms with Gasteiger partial charge in [0.25, 0.3) is 0 Å². The first-order valence-corrected chi connectivity index (χ1v) is 10.3. The molecule has 1 heterocycles. The van der Waals surface area contributed by atoms with Crippen LogP contribution in [-0.2, 0) is 16.1 Å². The fourth-order valence-corrected chi connectivity index (χ4v) is 4.31. The number of nitrogens with one attached hydrogen (secondary N) is 1. The Kier molecular flexibility index (Phi) is 6.47. The van der Waals surface area contributed by atoms with Crippen molar-refractivity contribution in [1.29, 1.82) is 0 Å². The SMILES string of the molecule is COc1ccc(CN2C(=O)CCC2(C)C(=O)NC2CCCCCC2)c(OC)c1. The number of amides is 2. The van der Waals surface area contributed by atoms with Crippen LogP contribution in [-0.4, -0.2) is 42.5 Å². The first kappa shape index (κ1) is 20.5. The van der Waals surface area contributed by atoms with E-state index in [4.69, 9.17) is 9.47 Å². The van der Waals surface area contributed by atoms with Crippen LogP contribution in [0.4, 0.5) is 0 Å². The van der Waals surface area contributed by atoms with Crippen molar-refractivity contribution in [2.24, 2.45) is 0 Å². The number of hydrogen-bond acceptors (Lipinski definition) is 4. The number of methoxy groups -OCH3 is 2. The quantitative estimate of drug-likeness (QED) is 0.758. The summed E-state index contributed by atoms with van der Waals surface area (Å²) in [6.07, 6.45) is 7.80. The van der Waals surface area contributed by atoms with E-state index < -0.39 is 5.54 Å². The molecule has 1 aliphatic carbocycles. The zero-order valence-corrected chi connectivity index (χ0v) is 17.3. The van der Waals surface area contributed by atoms with Crippen LogP contribution in [0, 0.1) is 0 Å². The van der Waals surface area contributed by atoms with Gasteiger partial charge >= 0.3 is 0 Å². The highest BCUT2D eigenvalue weighted by Gasteiger charge is 2.47. The van der Waals surface area contributed by atoms with Crippen molar-refractivity contribution in [2.75, 3.05) is 14.2 Å². The van der Waals surface area contributed by atoms with Crippen LogP contribution in [0.3, 0.4) is 0 Å². The van der Waals surface area contributed by atoms with Crippen molar-refractivity contribution in [2.45, 2.75) is 76.4 Å². The fourth-order valence-electron chi connectivity index (χ4n) is 4.31. The first-order chi connectivity index (χ1) is 13.5. The van der Waals surface area contributed by atoms with Gasteiger partial charge in [-0.2, -0.15) is 0 Å². The second kappa shape index (κ2) is 8.84. The molecule has 2 fully saturated rings. The van der Waals surface area contributed by atoms with Gasteiger partial charge in [0.15, 0.2) is 0 Å². The lowest BCUT2D eigenvalue weighted by Crippen LogP contribution is -2.56. The Bertz CT molecular complexity index is 712. The summed E-state index contributed by atoms with van der Waals surface area (Å²) in [4.78, 5) is 27.6. The molecule has 1 atom stereocenters. The van der Waals surface area contributed by atoms with Crippen molar-refractivity contribution in [3.05, 3.63) is 23.8 Å². The minimum absolute atomic E-state index is 0.0105. The molecule has 6 heteroatoms. The standard InChI is InChI=1S/C22H32N2O4/c1-22(21(26)23-17-8-6-4-5-7-9-17)13-12-20(25)24(22)15-16-10-11-18(27-2)14-19(16)28-3/h10-11,14,17H,4-9,12-13,15H2,1-3H3,(H,23,26). The van der Waals surface area contributed by atoms with E-state index in [1.54, 1.807) is 25.2 Å². The second-order valence-corrected chi connectivity index (χ2v) is 8.09. The smallest absolute Gasteiger partial charge is 0.245 e. The summed E-state index contributed by atoms with van der Waals surface area (Å²) < 4.78 is 10.7. The molecule has 6 nitrogen and oxygen atoms in total. The van der Waals surface area contributed by atoms with Gasteiger partial charge in [0.2, 0.25) is 11.8 Å². The maximum Gasteiger partial charge on any atom is 0.245 e. The van der Waals surface area contributed by atoms with E-state index in [-0.39, 0.29) is 17.9 Å². The van der Waals surface area contributed by atoms with Crippen LogP contribution in [0.5, 0.6) is 11.5 Å². The Labute approximate surface area is 167 Å². The van der Waals surface area contributed by atoms with Crippen molar-refractivity contribution < 1.29 is 19.1 Å². The van der Waals surface area contributed by atoms with Crippen LogP contribution in [0.15, 0.2) is 18.2 Å². The minimum Gasteiger partial charge on any atom is -0.497 e. The summed E-state index contributed by atoms with van der Waals surface area (Å²) in [6, 6.07) is 5.77. The normalized spacial score (nSPS) is 23.4. The van der Waals surface area contributed by atoms with Gasteiger partial charge in [0, 0.05) is 24.1 Å². The number of hydrogen-bond donors (Lipinski definition) is 1. The Balaban J connectivity index is 1.77. The highest BCUT2D eigenvalue weighted by Crippen LogP contribution is 2.35. The number of nitrogens with zero attached hydrogens (tertiary/aromatic N) is 1. The molecule has 154 valence electrons. The van der Waals surface area contributed by atoms with Crippen LogP contribution < -0.4 is 14.8 Å². The molecule has 1 aromatic rings. The molecule has 1 saturated heterocycles. The van der Waals surface area contributed by atoms with Crippen LogP contribution in [0.1, 0.15) is 63.9 Å². The van der Waals surface area contributed by atoms with Gasteiger partial charge in [-0.25, -0.2) is 0 Å². The van der Waals surface area contributed by atoms with Gasteiger partial charge in [-0.1, -0.05) is 25.7 Å². The van der Waals surface area contributed by atoms with Gasteiger partial charge in [0.05, 0.1) is 20.8 Å². The minimum atomic E-state index is -0.825. The number of rotatable bonds is 6. The number of carbonyl (C=O) groups is 2. The number of carbonyl (C=O) groups excluding carboxylic acids is 2. The van der Waals surface area contributed by atoms with Crippen LogP contribution in [0.2, 0.25) is 0 Å². The summed E-state index contributed by atoms with van der Waals surface area (Å²) in [6.45, 7) is 2.24. The molecule has 28 heavy (non-hydrogen) atoms. The average molecular weight is 389 g/mol. The first-order valence-electron chi connectivity index (χ1n) is 10.3. The van der Waals surface area contributed by atoms with Gasteiger partial charge in [0.1, 0.15) is 17.0 Å². The summed E-state index contributed by atoms with van der Waals surface area (Å²) in [7, 11) is 3.20. The van der Waals surface area contributed by atoms with E-state index >= 15 is 0 Å². The zero-order chi connectivity index (χ0) is 20.1. The van der Waals surface area contributed by atoms with Crippen LogP contribution >= 0.6 is 0 Å². The lowest BCUT2D eigenvalue weighted by atomic mass is 9.95. The lowest BCUT2D eigenvalue weighted by molar-refractivity contribution is -0.141. The Morgan fingerprint density at radius 3 is 2.54 bits per heavy atom. The molecule has 3 rings (SSSR count). The predicted octanol–water partition coefficient (Wildman–Crippen LogP) is 3.42. The van der Waals surface area contributed by atoms with Crippen LogP contribution in [0.25, 0.3) is 0 Å². The third kappa shape index (κ3) is 4.26. The lowest BCUT2D eigenvalue weighted by Gasteiger charge is -2.35. The van der Waals surface area contributed by atoms with E-state index in [9.17, 15) is 9.59 Å². The Hall–Kier alpha value is -2.24. The molecule has 0 bridgehead atoms. The largest absolute Gasteiger partial charge is 0.497 e. The monoisotopic (exact) mass is 388 g/mol. The molecular formula is C22H32N2O4. The van der Waals surface area contributed by atoms with Crippen molar-refractivity contribution >= 4 is 11.8 Å². The second-order valence-electron chi connectivity index (χ2n) is 8.09. The summed E-state index contributed by atoms with van der Waals surface area (Å²) in [5.41, 5.74) is 0.0426. The molecule has 1 saturated carbocycles. The predicted molar refractivity (Wildman–Crippen MR) is 107 cm³/mol. The molecule has 2 aliphatic rings. The average Bonchev–Trinajstić information content (AvgIpc) is 2.88. The molecule has 0 radical (unpaired) electrons. The Morgan fingerprint density at radius 2 is 1.89 bits per heavy atom. The van der Waals surface area contributed by atoms with E-state index in [0.29, 0.717) is 30.9 Å². The summed E-state index contributed by atoms with van der Waals surface area (Å²) in [5, 5.41) is 3.24. The fraction of sp³-hybridized carbons (Fsp3) is 0.636. The third-order valence-electron chi connectivity index (χ3n) is 6.22. The van der Waals surface area contributed by atoms with Crippen molar-refractivity contribution in [3.8, 4) is 11.5 Å². The molecular weight excluding hydrogens is 356 g/mol. The number of likely N-dealkylation sites (tertiary alicyclic amines) is 1. The highest BCUT2D eigenvalue weighted by atomic mass is 16.5. The topological polar surface area (TPSA) is 67.9 Å². The van der Waals surface area contributed by atoms with Gasteiger partial charge < -0.3 is 19.7 Å². The molecule has 1 unspecified atom stereocenters. The van der Waals surface area contributed by atoms with E-state index in [2.05, 4.69) is 5.32 Å². The van der Waals surface area contributed by atoms with Crippen molar-refractivity contribution in [1.82, 2.24) is 10.2 Å². The maximum absolute atomic E-state index is 13.2. The molecule has 1 aromatic carbocycles. The molecule has 0 spiro atoms. The van der Waals surface area contributed by atoms with E-state index in [1.807, 2.05) is 19.1 Å². The number of benzene rings is 1. The number of ether oxygens (including phenoxy) is 2. The molecule has 1 N–H and O–H groups in total. The zero-order valence-electron chi connectivity index (χ0n) is 17.3.